The number of nitrogens with zero attached hydrogens (tertiary/aromatic N) is 2. The Labute approximate surface area is 202 Å². The minimum absolute atomic E-state index is 0.141. The van der Waals surface area contributed by atoms with Crippen molar-refractivity contribution in [2.45, 2.75) is 26.8 Å². The Bertz CT molecular complexity index is 1050. The maximum absolute atomic E-state index is 12.8. The number of hydrogen-bond acceptors (Lipinski definition) is 8. The van der Waals surface area contributed by atoms with Gasteiger partial charge in [0, 0.05) is 6.07 Å². The highest BCUT2D eigenvalue weighted by atomic mass is 35.5. The van der Waals surface area contributed by atoms with Crippen LogP contribution in [0.5, 0.6) is 23.0 Å². The van der Waals surface area contributed by atoms with Gasteiger partial charge in [0.2, 0.25) is 6.04 Å². The van der Waals surface area contributed by atoms with Crippen LogP contribution in [0.25, 0.3) is 0 Å². The number of ether oxygens (including phenoxy) is 4. The number of Topliss-reactive ketones (excluding diaryl/α,β-unsaturated/α-hetero) is 1. The zero-order valence-corrected chi connectivity index (χ0v) is 20.4. The molecule has 0 saturated heterocycles. The highest BCUT2D eigenvalue weighted by Crippen LogP contribution is 2.41. The highest BCUT2D eigenvalue weighted by molar-refractivity contribution is 6.35. The smallest absolute Gasteiger partial charge is 0.258 e. The number of azo groups is 1. The summed E-state index contributed by atoms with van der Waals surface area (Å²) < 4.78 is 21.5. The third kappa shape index (κ3) is 6.49. The van der Waals surface area contributed by atoms with Gasteiger partial charge in [-0.05, 0) is 39.0 Å². The van der Waals surface area contributed by atoms with E-state index in [9.17, 15) is 9.59 Å². The maximum atomic E-state index is 12.8. The van der Waals surface area contributed by atoms with E-state index < -0.39 is 17.7 Å². The average Bonchev–Trinajstić information content (AvgIpc) is 2.77. The van der Waals surface area contributed by atoms with Gasteiger partial charge < -0.3 is 24.3 Å². The summed E-state index contributed by atoms with van der Waals surface area (Å²) in [7, 11) is 2.89. The number of carbonyl (C=O) groups is 2. The minimum atomic E-state index is -1.42. The largest absolute Gasteiger partial charge is 0.493 e. The molecule has 0 aliphatic rings. The van der Waals surface area contributed by atoms with Crippen LogP contribution < -0.4 is 24.3 Å². The molecule has 0 bridgehead atoms. The fourth-order valence-electron chi connectivity index (χ4n) is 2.79. The van der Waals surface area contributed by atoms with Gasteiger partial charge in [-0.25, -0.2) is 0 Å². The Balaban J connectivity index is 2.31. The van der Waals surface area contributed by atoms with Crippen molar-refractivity contribution in [3.8, 4) is 23.0 Å². The zero-order chi connectivity index (χ0) is 24.5. The molecule has 0 saturated carbocycles. The van der Waals surface area contributed by atoms with E-state index in [1.54, 1.807) is 19.1 Å². The monoisotopic (exact) mass is 497 g/mol. The van der Waals surface area contributed by atoms with Crippen LogP contribution >= 0.6 is 23.2 Å². The Morgan fingerprint density at radius 3 is 2.27 bits per heavy atom. The summed E-state index contributed by atoms with van der Waals surface area (Å²) in [4.78, 5) is 24.9. The molecule has 0 aliphatic carbocycles. The summed E-state index contributed by atoms with van der Waals surface area (Å²) in [5.74, 6) is 0.151. The summed E-state index contributed by atoms with van der Waals surface area (Å²) >= 11 is 12.6. The quantitative estimate of drug-likeness (QED) is 0.324. The Kier molecular flexibility index (Phi) is 9.74. The van der Waals surface area contributed by atoms with E-state index in [1.165, 1.54) is 33.3 Å². The first kappa shape index (κ1) is 26.2. The molecule has 0 radical (unpaired) electrons. The molecule has 1 N–H and O–H groups in total. The van der Waals surface area contributed by atoms with Gasteiger partial charge in [-0.1, -0.05) is 23.2 Å². The third-order valence-electron chi connectivity index (χ3n) is 4.25. The molecule has 2 rings (SSSR count). The van der Waals surface area contributed by atoms with Crippen LogP contribution in [0.3, 0.4) is 0 Å². The van der Waals surface area contributed by atoms with Crippen LogP contribution in [0.15, 0.2) is 34.5 Å². The molecule has 178 valence electrons. The lowest BCUT2D eigenvalue weighted by molar-refractivity contribution is -0.126. The predicted octanol–water partition coefficient (Wildman–Crippen LogP) is 5.49. The fraction of sp³-hybridized carbons (Fsp3) is 0.364. The molecular formula is C22H25Cl2N3O6. The molecule has 0 heterocycles. The van der Waals surface area contributed by atoms with Crippen molar-refractivity contribution in [3.05, 3.63) is 34.3 Å². The van der Waals surface area contributed by atoms with Crippen molar-refractivity contribution in [1.29, 1.82) is 0 Å². The van der Waals surface area contributed by atoms with Crippen LogP contribution in [-0.4, -0.2) is 45.2 Å². The lowest BCUT2D eigenvalue weighted by Crippen LogP contribution is -2.32. The van der Waals surface area contributed by atoms with Crippen molar-refractivity contribution < 1.29 is 28.5 Å². The normalized spacial score (nSPS) is 11.7. The number of carbonyl (C=O) groups excluding carboxylic acids is 2. The van der Waals surface area contributed by atoms with E-state index in [2.05, 4.69) is 15.5 Å². The van der Waals surface area contributed by atoms with Crippen LogP contribution in [0.1, 0.15) is 20.8 Å². The molecule has 1 amide bonds. The molecule has 33 heavy (non-hydrogen) atoms. The number of anilines is 1. The Morgan fingerprint density at radius 2 is 1.70 bits per heavy atom. The molecule has 0 aromatic heterocycles. The number of hydrogen-bond donors (Lipinski definition) is 1. The summed E-state index contributed by atoms with van der Waals surface area (Å²) in [6.45, 7) is 5.61. The van der Waals surface area contributed by atoms with Crippen molar-refractivity contribution >= 4 is 46.3 Å². The predicted molar refractivity (Wildman–Crippen MR) is 126 cm³/mol. The first-order valence-electron chi connectivity index (χ1n) is 9.99. The number of rotatable bonds is 11. The molecule has 0 spiro atoms. The molecule has 0 fully saturated rings. The van der Waals surface area contributed by atoms with Crippen LogP contribution in [0.2, 0.25) is 10.0 Å². The van der Waals surface area contributed by atoms with Gasteiger partial charge >= 0.3 is 0 Å². The van der Waals surface area contributed by atoms with Crippen molar-refractivity contribution in [2.24, 2.45) is 10.2 Å². The molecule has 1 atom stereocenters. The molecule has 11 heteroatoms. The second kappa shape index (κ2) is 12.3. The van der Waals surface area contributed by atoms with E-state index in [0.717, 1.165) is 0 Å². The molecule has 2 aromatic carbocycles. The Hall–Kier alpha value is -3.04. The lowest BCUT2D eigenvalue weighted by Gasteiger charge is -2.16. The van der Waals surface area contributed by atoms with E-state index >= 15 is 0 Å². The van der Waals surface area contributed by atoms with Gasteiger partial charge in [0.1, 0.15) is 5.02 Å². The second-order valence-electron chi connectivity index (χ2n) is 6.50. The number of ketones is 1. The maximum Gasteiger partial charge on any atom is 0.258 e. The molecule has 2 aromatic rings. The number of amides is 1. The van der Waals surface area contributed by atoms with Crippen molar-refractivity contribution in [3.63, 3.8) is 0 Å². The molecular weight excluding hydrogens is 473 g/mol. The lowest BCUT2D eigenvalue weighted by atomic mass is 10.2. The van der Waals surface area contributed by atoms with Crippen LogP contribution in [-0.2, 0) is 9.59 Å². The number of nitrogens with one attached hydrogen (secondary N) is 1. The summed E-state index contributed by atoms with van der Waals surface area (Å²) in [5, 5.41) is 10.9. The Morgan fingerprint density at radius 1 is 1.00 bits per heavy atom. The van der Waals surface area contributed by atoms with Crippen molar-refractivity contribution in [2.75, 3.05) is 32.8 Å². The third-order valence-corrected chi connectivity index (χ3v) is 4.90. The first-order valence-corrected chi connectivity index (χ1v) is 10.7. The SMILES string of the molecule is CCOc1ccc(NC(=O)C(N=Nc2cc(Cl)c(OC)c(OC)c2)C(C)=O)c(Cl)c1OCC. The van der Waals surface area contributed by atoms with Gasteiger partial charge in [0.05, 0.1) is 43.8 Å². The van der Waals surface area contributed by atoms with Gasteiger partial charge in [0.25, 0.3) is 5.91 Å². The van der Waals surface area contributed by atoms with Crippen molar-refractivity contribution in [1.82, 2.24) is 0 Å². The van der Waals surface area contributed by atoms with Gasteiger partial charge in [-0.2, -0.15) is 10.2 Å². The number of benzene rings is 2. The highest BCUT2D eigenvalue weighted by Gasteiger charge is 2.25. The summed E-state index contributed by atoms with van der Waals surface area (Å²) in [6.07, 6.45) is 0. The fourth-order valence-corrected chi connectivity index (χ4v) is 3.33. The average molecular weight is 498 g/mol. The number of methoxy groups -OCH3 is 2. The van der Waals surface area contributed by atoms with Gasteiger partial charge in [0.15, 0.2) is 28.8 Å². The molecule has 1 unspecified atom stereocenters. The van der Waals surface area contributed by atoms with E-state index in [1.807, 2.05) is 6.92 Å². The standard InChI is InChI=1S/C22H25Cl2N3O6/c1-6-32-16-9-8-15(18(24)21(16)33-7-2)25-22(29)19(12(3)28)27-26-13-10-14(23)20(31-5)17(11-13)30-4/h8-11,19H,6-7H2,1-5H3,(H,25,29). The molecule has 9 nitrogen and oxygen atoms in total. The molecule has 0 aliphatic heterocycles. The zero-order valence-electron chi connectivity index (χ0n) is 18.9. The minimum Gasteiger partial charge on any atom is -0.493 e. The van der Waals surface area contributed by atoms with Crippen LogP contribution in [0.4, 0.5) is 11.4 Å². The van der Waals surface area contributed by atoms with E-state index in [4.69, 9.17) is 42.1 Å². The topological polar surface area (TPSA) is 108 Å². The summed E-state index contributed by atoms with van der Waals surface area (Å²) in [6, 6.07) is 4.73. The second-order valence-corrected chi connectivity index (χ2v) is 7.29. The van der Waals surface area contributed by atoms with E-state index in [-0.39, 0.29) is 21.4 Å². The van der Waals surface area contributed by atoms with Crippen LogP contribution in [0, 0.1) is 0 Å². The first-order chi connectivity index (χ1) is 15.8. The number of halogens is 2. The van der Waals surface area contributed by atoms with Gasteiger partial charge in [-0.15, -0.1) is 0 Å². The van der Waals surface area contributed by atoms with Gasteiger partial charge in [-0.3, -0.25) is 9.59 Å². The summed E-state index contributed by atoms with van der Waals surface area (Å²) in [5.41, 5.74) is 0.513. The van der Waals surface area contributed by atoms with E-state index in [0.29, 0.717) is 36.2 Å².